The quantitative estimate of drug-likeness (QED) is 0.403. The molecule has 1 aliphatic heterocycles. The molecular formula is C24H24N6. The number of benzene rings is 3. The molecule has 6 heteroatoms. The van der Waals surface area contributed by atoms with Crippen LogP contribution in [0.5, 0.6) is 0 Å². The highest BCUT2D eigenvalue weighted by Gasteiger charge is 2.12. The van der Waals surface area contributed by atoms with Gasteiger partial charge in [0.25, 0.3) is 0 Å². The number of fused-ring (bicyclic) bond motifs is 1. The predicted octanol–water partition coefficient (Wildman–Crippen LogP) is 7.32. The fourth-order valence-electron chi connectivity index (χ4n) is 3.31. The first-order valence-electron chi connectivity index (χ1n) is 10.2. The molecule has 0 N–H and O–H groups in total. The maximum Gasteiger partial charge on any atom is 0.155 e. The van der Waals surface area contributed by atoms with Crippen molar-refractivity contribution in [2.75, 3.05) is 18.0 Å². The second kappa shape index (κ2) is 9.22. The average Bonchev–Trinajstić information content (AvgIpc) is 3.22. The van der Waals surface area contributed by atoms with Gasteiger partial charge in [0.15, 0.2) is 5.84 Å². The first kappa shape index (κ1) is 19.6. The molecule has 30 heavy (non-hydrogen) atoms. The van der Waals surface area contributed by atoms with E-state index >= 15 is 0 Å². The van der Waals surface area contributed by atoms with E-state index in [-0.39, 0.29) is 0 Å². The number of azo groups is 2. The second-order valence-corrected chi connectivity index (χ2v) is 6.94. The van der Waals surface area contributed by atoms with Gasteiger partial charge >= 0.3 is 0 Å². The van der Waals surface area contributed by atoms with Crippen LogP contribution in [0.15, 0.2) is 98.2 Å². The lowest BCUT2D eigenvalue weighted by molar-refractivity contribution is 0.866. The Hall–Kier alpha value is -3.67. The van der Waals surface area contributed by atoms with Gasteiger partial charge in [-0.3, -0.25) is 0 Å². The summed E-state index contributed by atoms with van der Waals surface area (Å²) in [7, 11) is 0. The van der Waals surface area contributed by atoms with Crippen molar-refractivity contribution in [1.82, 2.24) is 0 Å². The number of nitrogens with zero attached hydrogens (tertiary/aromatic N) is 6. The fourth-order valence-corrected chi connectivity index (χ4v) is 3.31. The SMILES string of the molecule is CCN(CC)c1ccc(N=Nc2ccc(N=NC3=Nc4ccccc4C3)cc2)cc1. The van der Waals surface area contributed by atoms with Gasteiger partial charge in [-0.1, -0.05) is 18.2 Å². The summed E-state index contributed by atoms with van der Waals surface area (Å²) in [6.45, 7) is 6.28. The van der Waals surface area contributed by atoms with E-state index in [1.54, 1.807) is 0 Å². The van der Waals surface area contributed by atoms with Crippen molar-refractivity contribution in [3.8, 4) is 0 Å². The van der Waals surface area contributed by atoms with Crippen molar-refractivity contribution in [3.05, 3.63) is 78.4 Å². The third-order valence-corrected chi connectivity index (χ3v) is 4.98. The lowest BCUT2D eigenvalue weighted by Gasteiger charge is -2.20. The summed E-state index contributed by atoms with van der Waals surface area (Å²) in [5, 5.41) is 17.2. The fraction of sp³-hybridized carbons (Fsp3) is 0.208. The molecule has 0 atom stereocenters. The first-order chi connectivity index (χ1) is 14.7. The smallest absolute Gasteiger partial charge is 0.155 e. The Morgan fingerprint density at radius 1 is 0.700 bits per heavy atom. The molecule has 0 bridgehead atoms. The molecule has 1 heterocycles. The molecule has 0 saturated carbocycles. The van der Waals surface area contributed by atoms with Crippen LogP contribution < -0.4 is 4.90 Å². The monoisotopic (exact) mass is 396 g/mol. The zero-order valence-electron chi connectivity index (χ0n) is 17.2. The van der Waals surface area contributed by atoms with Crippen molar-refractivity contribution in [2.45, 2.75) is 20.3 Å². The highest BCUT2D eigenvalue weighted by molar-refractivity contribution is 5.92. The summed E-state index contributed by atoms with van der Waals surface area (Å²) in [5.41, 5.74) is 5.72. The molecule has 0 unspecified atom stereocenters. The molecule has 0 spiro atoms. The van der Waals surface area contributed by atoms with E-state index in [4.69, 9.17) is 0 Å². The van der Waals surface area contributed by atoms with E-state index in [0.29, 0.717) is 0 Å². The topological polar surface area (TPSA) is 65.0 Å². The summed E-state index contributed by atoms with van der Waals surface area (Å²) >= 11 is 0. The molecular weight excluding hydrogens is 372 g/mol. The van der Waals surface area contributed by atoms with Crippen molar-refractivity contribution in [1.29, 1.82) is 0 Å². The van der Waals surface area contributed by atoms with Gasteiger partial charge in [-0.2, -0.15) is 10.2 Å². The number of rotatable bonds is 6. The Kier molecular flexibility index (Phi) is 6.03. The van der Waals surface area contributed by atoms with E-state index in [1.165, 1.54) is 11.3 Å². The zero-order chi connectivity index (χ0) is 20.8. The molecule has 4 rings (SSSR count). The number of anilines is 1. The van der Waals surface area contributed by atoms with Crippen molar-refractivity contribution in [3.63, 3.8) is 0 Å². The molecule has 0 saturated heterocycles. The molecule has 0 aromatic heterocycles. The largest absolute Gasteiger partial charge is 0.372 e. The standard InChI is InChI=1S/C24H24N6/c1-3-30(4-2)22-15-13-21(14-16-22)27-26-19-9-11-20(12-10-19)28-29-24-17-18-7-5-6-8-23(18)25-24/h5-16H,3-4,17H2,1-2H3. The summed E-state index contributed by atoms with van der Waals surface area (Å²) in [6, 6.07) is 23.7. The van der Waals surface area contributed by atoms with Crippen LogP contribution in [-0.2, 0) is 6.42 Å². The Bertz CT molecular complexity index is 1080. The van der Waals surface area contributed by atoms with Crippen LogP contribution in [0.4, 0.5) is 28.4 Å². The van der Waals surface area contributed by atoms with Gasteiger partial charge in [0.05, 0.1) is 22.7 Å². The summed E-state index contributed by atoms with van der Waals surface area (Å²) in [4.78, 5) is 6.79. The highest BCUT2D eigenvalue weighted by Crippen LogP contribution is 2.27. The third kappa shape index (κ3) is 4.66. The van der Waals surface area contributed by atoms with Gasteiger partial charge in [0, 0.05) is 25.2 Å². The minimum atomic E-state index is 0.721. The Morgan fingerprint density at radius 3 is 1.80 bits per heavy atom. The van der Waals surface area contributed by atoms with Gasteiger partial charge in [0.1, 0.15) is 0 Å². The Morgan fingerprint density at radius 2 is 1.23 bits per heavy atom. The Balaban J connectivity index is 1.37. The van der Waals surface area contributed by atoms with Gasteiger partial charge in [-0.25, -0.2) is 4.99 Å². The molecule has 0 aliphatic carbocycles. The predicted molar refractivity (Wildman–Crippen MR) is 122 cm³/mol. The van der Waals surface area contributed by atoms with Gasteiger partial charge in [-0.05, 0) is 74.0 Å². The van der Waals surface area contributed by atoms with E-state index in [9.17, 15) is 0 Å². The van der Waals surface area contributed by atoms with E-state index < -0.39 is 0 Å². The molecule has 0 radical (unpaired) electrons. The minimum absolute atomic E-state index is 0.721. The highest BCUT2D eigenvalue weighted by atomic mass is 15.2. The summed E-state index contributed by atoms with van der Waals surface area (Å²) < 4.78 is 0. The van der Waals surface area contributed by atoms with Crippen molar-refractivity contribution < 1.29 is 0 Å². The maximum absolute atomic E-state index is 4.49. The van der Waals surface area contributed by atoms with Gasteiger partial charge in [0.2, 0.25) is 0 Å². The number of aliphatic imine (C=N–C) groups is 1. The van der Waals surface area contributed by atoms with E-state index in [1.807, 2.05) is 54.6 Å². The zero-order valence-corrected chi connectivity index (χ0v) is 17.2. The van der Waals surface area contributed by atoms with Crippen LogP contribution in [-0.4, -0.2) is 18.9 Å². The van der Waals surface area contributed by atoms with Crippen molar-refractivity contribution >= 4 is 34.3 Å². The van der Waals surface area contributed by atoms with Gasteiger partial charge in [-0.15, -0.1) is 10.2 Å². The molecule has 0 fully saturated rings. The minimum Gasteiger partial charge on any atom is -0.372 e. The molecule has 150 valence electrons. The first-order valence-corrected chi connectivity index (χ1v) is 10.2. The molecule has 1 aliphatic rings. The number of hydrogen-bond acceptors (Lipinski definition) is 6. The molecule has 3 aromatic rings. The van der Waals surface area contributed by atoms with Crippen LogP contribution in [0.3, 0.4) is 0 Å². The number of amidine groups is 1. The van der Waals surface area contributed by atoms with Crippen LogP contribution in [0.2, 0.25) is 0 Å². The van der Waals surface area contributed by atoms with Crippen LogP contribution in [0.25, 0.3) is 0 Å². The van der Waals surface area contributed by atoms with E-state index in [2.05, 4.69) is 62.4 Å². The maximum atomic E-state index is 4.49. The third-order valence-electron chi connectivity index (χ3n) is 4.98. The summed E-state index contributed by atoms with van der Waals surface area (Å²) in [6.07, 6.45) is 0.721. The summed E-state index contributed by atoms with van der Waals surface area (Å²) in [5.74, 6) is 0.730. The lowest BCUT2D eigenvalue weighted by Crippen LogP contribution is -2.21. The van der Waals surface area contributed by atoms with Gasteiger partial charge < -0.3 is 4.90 Å². The van der Waals surface area contributed by atoms with Crippen LogP contribution in [0.1, 0.15) is 19.4 Å². The molecule has 3 aromatic carbocycles. The molecule has 0 amide bonds. The molecule has 6 nitrogen and oxygen atoms in total. The van der Waals surface area contributed by atoms with Crippen LogP contribution in [0, 0.1) is 0 Å². The van der Waals surface area contributed by atoms with E-state index in [0.717, 1.165) is 48.1 Å². The number of para-hydroxylation sites is 1. The average molecular weight is 396 g/mol. The van der Waals surface area contributed by atoms with Crippen molar-refractivity contribution in [2.24, 2.45) is 25.4 Å². The normalized spacial score (nSPS) is 13.1. The second-order valence-electron chi connectivity index (χ2n) is 6.94. The number of hydrogen-bond donors (Lipinski definition) is 0. The Labute approximate surface area is 176 Å². The lowest BCUT2D eigenvalue weighted by atomic mass is 10.1. The van der Waals surface area contributed by atoms with Crippen LogP contribution >= 0.6 is 0 Å².